The van der Waals surface area contributed by atoms with Crippen molar-refractivity contribution in [3.05, 3.63) is 47.2 Å². The van der Waals surface area contributed by atoms with Crippen molar-refractivity contribution < 1.29 is 17.9 Å². The molecule has 7 nitrogen and oxygen atoms in total. The zero-order chi connectivity index (χ0) is 21.3. The maximum Gasteiger partial charge on any atom is 0.262 e. The number of hydrogen-bond acceptors (Lipinski definition) is 6. The number of hydrogen-bond donors (Lipinski definition) is 1. The molecule has 1 aliphatic heterocycles. The highest BCUT2D eigenvalue weighted by Crippen LogP contribution is 2.38. The number of methoxy groups -OCH3 is 2. The molecule has 0 amide bonds. The summed E-state index contributed by atoms with van der Waals surface area (Å²) in [6.45, 7) is 1.84. The lowest BCUT2D eigenvalue weighted by atomic mass is 9.77. The minimum atomic E-state index is -3.74. The van der Waals surface area contributed by atoms with Gasteiger partial charge in [0.1, 0.15) is 5.69 Å². The van der Waals surface area contributed by atoms with Crippen LogP contribution in [0.15, 0.2) is 35.2 Å². The van der Waals surface area contributed by atoms with Crippen molar-refractivity contribution in [2.75, 3.05) is 39.1 Å². The fourth-order valence-corrected chi connectivity index (χ4v) is 5.16. The van der Waals surface area contributed by atoms with Crippen molar-refractivity contribution in [2.24, 2.45) is 0 Å². The second kappa shape index (κ2) is 8.53. The Bertz CT molecular complexity index is 1000. The molecule has 162 valence electrons. The SMILES string of the molecule is COc1nc2c(cc1NS(=O)(=O)c1ccc([C@H]3C[C@H](OC)C3)cc1)CCN(C)CC2. The Morgan fingerprint density at radius 1 is 1.10 bits per heavy atom. The maximum absolute atomic E-state index is 13.0. The van der Waals surface area contributed by atoms with Gasteiger partial charge in [0.15, 0.2) is 0 Å². The van der Waals surface area contributed by atoms with Crippen LogP contribution in [0.25, 0.3) is 0 Å². The molecule has 0 radical (unpaired) electrons. The van der Waals surface area contributed by atoms with Gasteiger partial charge in [-0.2, -0.15) is 0 Å². The summed E-state index contributed by atoms with van der Waals surface area (Å²) in [4.78, 5) is 7.06. The monoisotopic (exact) mass is 431 g/mol. The summed E-state index contributed by atoms with van der Waals surface area (Å²) >= 11 is 0. The minimum Gasteiger partial charge on any atom is -0.479 e. The standard InChI is InChI=1S/C22H29N3O4S/c1-25-10-8-16-14-21(22(29-3)23-20(16)9-11-25)24-30(26,27)19-6-4-15(5-7-19)17-12-18(13-17)28-2/h4-7,14,17-18,24H,8-13H2,1-3H3/t17-,18-. The normalized spacial score (nSPS) is 22.0. The average molecular weight is 432 g/mol. The van der Waals surface area contributed by atoms with Gasteiger partial charge < -0.3 is 14.4 Å². The van der Waals surface area contributed by atoms with Crippen LogP contribution in [0.4, 0.5) is 5.69 Å². The molecule has 2 heterocycles. The summed E-state index contributed by atoms with van der Waals surface area (Å²) in [5.74, 6) is 0.741. The molecular formula is C22H29N3O4S. The van der Waals surface area contributed by atoms with E-state index in [0.717, 1.165) is 55.6 Å². The number of benzene rings is 1. The number of nitrogens with zero attached hydrogens (tertiary/aromatic N) is 2. The molecule has 8 heteroatoms. The van der Waals surface area contributed by atoms with Gasteiger partial charge in [0.25, 0.3) is 10.0 Å². The third-order valence-electron chi connectivity index (χ3n) is 6.18. The number of anilines is 1. The Labute approximate surface area is 178 Å². The van der Waals surface area contributed by atoms with Crippen LogP contribution in [0.2, 0.25) is 0 Å². The van der Waals surface area contributed by atoms with Gasteiger partial charge in [-0.05, 0) is 61.6 Å². The number of rotatable bonds is 6. The Morgan fingerprint density at radius 3 is 2.47 bits per heavy atom. The average Bonchev–Trinajstić information content (AvgIpc) is 2.88. The van der Waals surface area contributed by atoms with E-state index in [9.17, 15) is 8.42 Å². The van der Waals surface area contributed by atoms with Gasteiger partial charge in [-0.1, -0.05) is 12.1 Å². The van der Waals surface area contributed by atoms with E-state index in [1.165, 1.54) is 7.11 Å². The second-order valence-corrected chi connectivity index (χ2v) is 9.84. The van der Waals surface area contributed by atoms with Crippen LogP contribution >= 0.6 is 0 Å². The van der Waals surface area contributed by atoms with Crippen LogP contribution in [0.1, 0.15) is 35.6 Å². The molecular weight excluding hydrogens is 402 g/mol. The summed E-state index contributed by atoms with van der Waals surface area (Å²) in [5.41, 5.74) is 3.56. The van der Waals surface area contributed by atoms with Crippen molar-refractivity contribution in [1.29, 1.82) is 0 Å². The van der Waals surface area contributed by atoms with E-state index < -0.39 is 10.0 Å². The molecule has 0 unspecified atom stereocenters. The first kappa shape index (κ1) is 21.1. The van der Waals surface area contributed by atoms with E-state index in [2.05, 4.69) is 21.7 Å². The van der Waals surface area contributed by atoms with Crippen LogP contribution in [-0.4, -0.2) is 58.8 Å². The van der Waals surface area contributed by atoms with Gasteiger partial charge in [-0.25, -0.2) is 13.4 Å². The van der Waals surface area contributed by atoms with Gasteiger partial charge >= 0.3 is 0 Å². The summed E-state index contributed by atoms with van der Waals surface area (Å²) < 4.78 is 39.4. The van der Waals surface area contributed by atoms with Crippen LogP contribution in [0.3, 0.4) is 0 Å². The fraction of sp³-hybridized carbons (Fsp3) is 0.500. The number of pyridine rings is 1. The number of aromatic nitrogens is 1. The van der Waals surface area contributed by atoms with Crippen LogP contribution in [-0.2, 0) is 27.6 Å². The largest absolute Gasteiger partial charge is 0.479 e. The lowest BCUT2D eigenvalue weighted by molar-refractivity contribution is 0.0257. The number of ether oxygens (including phenoxy) is 2. The predicted octanol–water partition coefficient (Wildman–Crippen LogP) is 2.81. The van der Waals surface area contributed by atoms with Crippen LogP contribution in [0.5, 0.6) is 5.88 Å². The lowest BCUT2D eigenvalue weighted by Gasteiger charge is -2.34. The van der Waals surface area contributed by atoms with E-state index in [0.29, 0.717) is 23.6 Å². The third-order valence-corrected chi connectivity index (χ3v) is 7.56. The molecule has 2 aromatic rings. The molecule has 1 fully saturated rings. The molecule has 0 saturated heterocycles. The van der Waals surface area contributed by atoms with Crippen LogP contribution in [0, 0.1) is 0 Å². The topological polar surface area (TPSA) is 80.8 Å². The first-order chi connectivity index (χ1) is 14.4. The number of nitrogens with one attached hydrogen (secondary N) is 1. The van der Waals surface area contributed by atoms with Gasteiger partial charge in [-0.15, -0.1) is 0 Å². The zero-order valence-electron chi connectivity index (χ0n) is 17.7. The number of sulfonamides is 1. The van der Waals surface area contributed by atoms with Gasteiger partial charge in [0.2, 0.25) is 5.88 Å². The molecule has 4 rings (SSSR count). The fourth-order valence-electron chi connectivity index (χ4n) is 4.11. The summed E-state index contributed by atoms with van der Waals surface area (Å²) in [5, 5.41) is 0. The van der Waals surface area contributed by atoms with Gasteiger partial charge in [0.05, 0.1) is 18.1 Å². The quantitative estimate of drug-likeness (QED) is 0.758. The Kier molecular flexibility index (Phi) is 5.99. The Morgan fingerprint density at radius 2 is 1.80 bits per heavy atom. The van der Waals surface area contributed by atoms with Gasteiger partial charge in [0, 0.05) is 32.3 Å². The summed E-state index contributed by atoms with van der Waals surface area (Å²) in [7, 11) is 1.57. The Hall–Kier alpha value is -2.16. The molecule has 0 atom stereocenters. The number of fused-ring (bicyclic) bond motifs is 1. The van der Waals surface area contributed by atoms with Crippen molar-refractivity contribution in [2.45, 2.75) is 42.6 Å². The zero-order valence-corrected chi connectivity index (χ0v) is 18.5. The highest BCUT2D eigenvalue weighted by atomic mass is 32.2. The van der Waals surface area contributed by atoms with Crippen molar-refractivity contribution >= 4 is 15.7 Å². The smallest absolute Gasteiger partial charge is 0.262 e. The van der Waals surface area contributed by atoms with Crippen molar-refractivity contribution in [3.8, 4) is 5.88 Å². The lowest BCUT2D eigenvalue weighted by Crippen LogP contribution is -2.28. The number of likely N-dealkylation sites (N-methyl/N-ethyl adjacent to an activating group) is 1. The molecule has 1 aliphatic carbocycles. The molecule has 0 spiro atoms. The summed E-state index contributed by atoms with van der Waals surface area (Å²) in [6.07, 6.45) is 3.92. The van der Waals surface area contributed by atoms with E-state index in [1.807, 2.05) is 18.2 Å². The first-order valence-corrected chi connectivity index (χ1v) is 11.8. The van der Waals surface area contributed by atoms with Crippen molar-refractivity contribution in [3.63, 3.8) is 0 Å². The van der Waals surface area contributed by atoms with E-state index in [1.54, 1.807) is 19.2 Å². The second-order valence-electron chi connectivity index (χ2n) is 8.15. The third kappa shape index (κ3) is 4.31. The van der Waals surface area contributed by atoms with E-state index in [4.69, 9.17) is 9.47 Å². The molecule has 0 bridgehead atoms. The molecule has 2 aliphatic rings. The highest BCUT2D eigenvalue weighted by Gasteiger charge is 2.30. The predicted molar refractivity (Wildman–Crippen MR) is 116 cm³/mol. The molecule has 1 aromatic carbocycles. The van der Waals surface area contributed by atoms with E-state index in [-0.39, 0.29) is 4.90 Å². The summed E-state index contributed by atoms with van der Waals surface area (Å²) in [6, 6.07) is 8.98. The molecule has 1 saturated carbocycles. The van der Waals surface area contributed by atoms with E-state index >= 15 is 0 Å². The maximum atomic E-state index is 13.0. The Balaban J connectivity index is 1.54. The molecule has 1 aromatic heterocycles. The molecule has 30 heavy (non-hydrogen) atoms. The van der Waals surface area contributed by atoms with Crippen LogP contribution < -0.4 is 9.46 Å². The highest BCUT2D eigenvalue weighted by molar-refractivity contribution is 7.92. The van der Waals surface area contributed by atoms with Crippen molar-refractivity contribution in [1.82, 2.24) is 9.88 Å². The minimum absolute atomic E-state index is 0.227. The first-order valence-electron chi connectivity index (χ1n) is 10.3. The van der Waals surface area contributed by atoms with Gasteiger partial charge in [-0.3, -0.25) is 4.72 Å². The molecule has 1 N–H and O–H groups in total.